The smallest absolute Gasteiger partial charge is 0.290 e. The highest BCUT2D eigenvalue weighted by Crippen LogP contribution is 2.38. The van der Waals surface area contributed by atoms with E-state index in [-0.39, 0.29) is 24.3 Å². The molecule has 0 saturated carbocycles. The van der Waals surface area contributed by atoms with E-state index in [9.17, 15) is 75.4 Å². The fraction of sp³-hybridized carbons (Fsp3) is 0.263. The van der Waals surface area contributed by atoms with Crippen molar-refractivity contribution in [2.24, 2.45) is 0 Å². The lowest BCUT2D eigenvalue weighted by Crippen LogP contribution is -2.30. The van der Waals surface area contributed by atoms with Crippen molar-refractivity contribution >= 4 is 5.78 Å². The summed E-state index contributed by atoms with van der Waals surface area (Å²) in [6, 6.07) is -1.30. The molecule has 0 amide bonds. The fourth-order valence-corrected chi connectivity index (χ4v) is 3.08. The number of carbonyl (C=O) groups excluding carboxylic acids is 1. The van der Waals surface area contributed by atoms with Gasteiger partial charge in [-0.2, -0.15) is 65.9 Å². The highest BCUT2D eigenvalue weighted by molar-refractivity contribution is 6.04. The molecule has 3 heterocycles. The number of aromatic nitrogens is 4. The van der Waals surface area contributed by atoms with Crippen LogP contribution in [-0.2, 0) is 24.7 Å². The van der Waals surface area contributed by atoms with Crippen LogP contribution in [0, 0.1) is 0 Å². The zero-order chi connectivity index (χ0) is 30.8. The second-order valence-electron chi connectivity index (χ2n) is 7.54. The van der Waals surface area contributed by atoms with E-state index in [4.69, 9.17) is 0 Å². The van der Waals surface area contributed by atoms with Gasteiger partial charge in [0.05, 0.1) is 11.4 Å². The van der Waals surface area contributed by atoms with Gasteiger partial charge in [-0.1, -0.05) is 0 Å². The average molecular weight is 606 g/mol. The number of pyridine rings is 2. The van der Waals surface area contributed by atoms with Crippen LogP contribution >= 0.6 is 0 Å². The molecule has 3 aromatic heterocycles. The van der Waals surface area contributed by atoms with Crippen molar-refractivity contribution in [2.75, 3.05) is 0 Å². The lowest BCUT2D eigenvalue weighted by Gasteiger charge is -2.14. The molecule has 0 fully saturated rings. The molecule has 1 N–H and O–H groups in total. The number of ketones is 1. The van der Waals surface area contributed by atoms with E-state index in [1.807, 2.05) is 0 Å². The minimum atomic E-state index is -6.05. The third kappa shape index (κ3) is 6.06. The zero-order valence-corrected chi connectivity index (χ0v) is 18.1. The Morgan fingerprint density at radius 2 is 0.975 bits per heavy atom. The van der Waals surface area contributed by atoms with Crippen LogP contribution in [0.4, 0.5) is 65.9 Å². The summed E-state index contributed by atoms with van der Waals surface area (Å²) in [4.78, 5) is 29.2. The van der Waals surface area contributed by atoms with Gasteiger partial charge in [-0.25, -0.2) is 14.6 Å². The van der Waals surface area contributed by atoms with Crippen LogP contribution < -0.4 is 5.56 Å². The van der Waals surface area contributed by atoms with Gasteiger partial charge in [-0.15, -0.1) is 0 Å². The molecule has 0 radical (unpaired) electrons. The number of halogens is 15. The topological polar surface area (TPSA) is 80.6 Å². The van der Waals surface area contributed by atoms with Crippen LogP contribution in [0.5, 0.6) is 0 Å². The minimum Gasteiger partial charge on any atom is -0.290 e. The number of hydrogen-bond acceptors (Lipinski definition) is 4. The maximum atomic E-state index is 13.2. The van der Waals surface area contributed by atoms with Crippen LogP contribution in [0.3, 0.4) is 0 Å². The Morgan fingerprint density at radius 3 is 1.30 bits per heavy atom. The molecule has 6 nitrogen and oxygen atoms in total. The number of H-pyrrole nitrogens is 1. The first-order chi connectivity index (χ1) is 17.8. The summed E-state index contributed by atoms with van der Waals surface area (Å²) >= 11 is 0. The fourth-order valence-electron chi connectivity index (χ4n) is 3.08. The Bertz CT molecular complexity index is 1450. The number of nitrogens with zero attached hydrogens (tertiary/aromatic N) is 3. The summed E-state index contributed by atoms with van der Waals surface area (Å²) in [5.74, 6) is -3.21. The van der Waals surface area contributed by atoms with Crippen molar-refractivity contribution in [2.45, 2.75) is 30.9 Å². The summed E-state index contributed by atoms with van der Waals surface area (Å²) in [5, 5.41) is 1.41. The molecular formula is C19H5F15N4O2. The molecule has 0 atom stereocenters. The Labute approximate surface area is 208 Å². The molecule has 21 heteroatoms. The average Bonchev–Trinajstić information content (AvgIpc) is 3.11. The molecule has 0 aliphatic heterocycles. The SMILES string of the molecule is O=C(c1c(-c2cc(C(F)(F)F)nc(C(F)(F)F)c2)[nH]n(-c2cc(C(F)(F)F)nc(C(F)(F)F)c2)c1=O)C(F)(F)F. The number of aromatic amines is 1. The molecule has 0 bridgehead atoms. The molecule has 0 aliphatic carbocycles. The van der Waals surface area contributed by atoms with Crippen LogP contribution in [0.25, 0.3) is 16.9 Å². The van der Waals surface area contributed by atoms with Crippen molar-refractivity contribution in [1.29, 1.82) is 0 Å². The molecule has 218 valence electrons. The number of alkyl halides is 15. The van der Waals surface area contributed by atoms with E-state index in [0.717, 1.165) is 0 Å². The number of rotatable bonds is 3. The number of carbonyl (C=O) groups is 1. The predicted molar refractivity (Wildman–Crippen MR) is 97.8 cm³/mol. The van der Waals surface area contributed by atoms with Crippen molar-refractivity contribution in [3.63, 3.8) is 0 Å². The summed E-state index contributed by atoms with van der Waals surface area (Å²) in [6.45, 7) is 0. The molecular weight excluding hydrogens is 601 g/mol. The van der Waals surface area contributed by atoms with Crippen LogP contribution in [0.1, 0.15) is 33.1 Å². The Morgan fingerprint density at radius 1 is 0.625 bits per heavy atom. The summed E-state index contributed by atoms with van der Waals surface area (Å²) < 4.78 is 197. The molecule has 0 saturated heterocycles. The van der Waals surface area contributed by atoms with Crippen molar-refractivity contribution in [3.05, 3.63) is 63.0 Å². The third-order valence-corrected chi connectivity index (χ3v) is 4.72. The quantitative estimate of drug-likeness (QED) is 0.275. The second-order valence-corrected chi connectivity index (χ2v) is 7.54. The highest BCUT2D eigenvalue weighted by Gasteiger charge is 2.45. The Balaban J connectivity index is 2.48. The van der Waals surface area contributed by atoms with E-state index in [0.29, 0.717) is 0 Å². The standard InChI is InChI=1S/C19H5F15N4O2/c20-15(21,22)7-1-5(2-8(35-7)16(23,24)25)12-11(13(39)19(32,33)34)14(40)38(37-12)6-3-9(17(26,27)28)36-10(4-6)18(29,30)31/h1-4,37H. The molecule has 3 rings (SSSR count). The lowest BCUT2D eigenvalue weighted by atomic mass is 10.0. The normalized spacial score (nSPS) is 13.6. The molecule has 40 heavy (non-hydrogen) atoms. The van der Waals surface area contributed by atoms with E-state index in [2.05, 4.69) is 9.97 Å². The van der Waals surface area contributed by atoms with Gasteiger partial charge in [-0.05, 0) is 24.3 Å². The first-order valence-electron chi connectivity index (χ1n) is 9.62. The molecule has 0 aliphatic rings. The third-order valence-electron chi connectivity index (χ3n) is 4.72. The summed E-state index contributed by atoms with van der Waals surface area (Å²) in [5.41, 5.74) is -19.0. The minimum absolute atomic E-state index is 0.312. The van der Waals surface area contributed by atoms with Gasteiger partial charge in [0.15, 0.2) is 0 Å². The molecule has 3 aromatic rings. The lowest BCUT2D eigenvalue weighted by molar-refractivity contribution is -0.151. The van der Waals surface area contributed by atoms with E-state index in [1.165, 1.54) is 5.10 Å². The van der Waals surface area contributed by atoms with Gasteiger partial charge in [-0.3, -0.25) is 14.7 Å². The molecule has 0 unspecified atom stereocenters. The molecule has 0 aromatic carbocycles. The van der Waals surface area contributed by atoms with Crippen LogP contribution in [-0.4, -0.2) is 31.7 Å². The Hall–Kier alpha value is -4.07. The van der Waals surface area contributed by atoms with Crippen molar-refractivity contribution in [3.8, 4) is 16.9 Å². The zero-order valence-electron chi connectivity index (χ0n) is 18.1. The second kappa shape index (κ2) is 9.25. The van der Waals surface area contributed by atoms with Crippen LogP contribution in [0.2, 0.25) is 0 Å². The largest absolute Gasteiger partial charge is 0.455 e. The van der Waals surface area contributed by atoms with E-state index < -0.39 is 92.2 Å². The van der Waals surface area contributed by atoms with E-state index in [1.54, 1.807) is 0 Å². The Kier molecular flexibility index (Phi) is 7.05. The van der Waals surface area contributed by atoms with Gasteiger partial charge >= 0.3 is 30.9 Å². The summed E-state index contributed by atoms with van der Waals surface area (Å²) in [7, 11) is 0. The van der Waals surface area contributed by atoms with Gasteiger partial charge in [0.25, 0.3) is 11.3 Å². The number of nitrogens with one attached hydrogen (secondary N) is 1. The maximum absolute atomic E-state index is 13.2. The number of hydrogen-bond donors (Lipinski definition) is 1. The summed E-state index contributed by atoms with van der Waals surface area (Å²) in [6.07, 6.45) is -28.8. The van der Waals surface area contributed by atoms with Crippen LogP contribution in [0.15, 0.2) is 29.1 Å². The van der Waals surface area contributed by atoms with Gasteiger partial charge in [0.2, 0.25) is 0 Å². The first kappa shape index (κ1) is 30.5. The van der Waals surface area contributed by atoms with Crippen molar-refractivity contribution in [1.82, 2.24) is 19.7 Å². The van der Waals surface area contributed by atoms with Gasteiger partial charge in [0, 0.05) is 5.56 Å². The van der Waals surface area contributed by atoms with Gasteiger partial charge < -0.3 is 0 Å². The monoisotopic (exact) mass is 606 g/mol. The number of Topliss-reactive ketones (excluding diaryl/α,β-unsaturated/α-hetero) is 1. The van der Waals surface area contributed by atoms with Gasteiger partial charge in [0.1, 0.15) is 28.3 Å². The predicted octanol–water partition coefficient (Wildman–Crippen LogP) is 6.44. The molecule has 0 spiro atoms. The van der Waals surface area contributed by atoms with Crippen molar-refractivity contribution < 1.29 is 70.7 Å². The first-order valence-corrected chi connectivity index (χ1v) is 9.62. The maximum Gasteiger partial charge on any atom is 0.455 e. The highest BCUT2D eigenvalue weighted by atomic mass is 19.4. The van der Waals surface area contributed by atoms with E-state index >= 15 is 0 Å².